The average molecular weight is 313 g/mol. The summed E-state index contributed by atoms with van der Waals surface area (Å²) in [7, 11) is 0. The first-order chi connectivity index (χ1) is 11.1. The fourth-order valence-electron chi connectivity index (χ4n) is 3.15. The van der Waals surface area contributed by atoms with Crippen molar-refractivity contribution in [1.29, 1.82) is 0 Å². The summed E-state index contributed by atoms with van der Waals surface area (Å²) in [4.78, 5) is 39.0. The van der Waals surface area contributed by atoms with Gasteiger partial charge in [-0.2, -0.15) is 0 Å². The lowest BCUT2D eigenvalue weighted by Gasteiger charge is -2.29. The molecule has 3 rings (SSSR count). The Morgan fingerprint density at radius 2 is 1.70 bits per heavy atom. The number of aromatic amines is 2. The molecule has 0 unspecified atom stereocenters. The molecular weight excluding hydrogens is 294 g/mol. The van der Waals surface area contributed by atoms with Crippen LogP contribution in [0.2, 0.25) is 0 Å². The molecule has 0 spiro atoms. The van der Waals surface area contributed by atoms with Crippen molar-refractivity contribution < 1.29 is 4.79 Å². The van der Waals surface area contributed by atoms with E-state index in [-0.39, 0.29) is 11.7 Å². The van der Waals surface area contributed by atoms with Crippen LogP contribution in [-0.2, 0) is 0 Å². The Labute approximate surface area is 133 Å². The van der Waals surface area contributed by atoms with Gasteiger partial charge in [0.05, 0.1) is 0 Å². The van der Waals surface area contributed by atoms with E-state index in [1.807, 2.05) is 23.2 Å². The van der Waals surface area contributed by atoms with E-state index < -0.39 is 17.2 Å². The van der Waals surface area contributed by atoms with Crippen LogP contribution < -0.4 is 16.6 Å². The lowest BCUT2D eigenvalue weighted by atomic mass is 9.82. The van der Waals surface area contributed by atoms with Crippen molar-refractivity contribution >= 4 is 5.91 Å². The third-order valence-electron chi connectivity index (χ3n) is 4.34. The maximum Gasteiger partial charge on any atom is 0.326 e. The Hall–Kier alpha value is -2.63. The van der Waals surface area contributed by atoms with Crippen molar-refractivity contribution in [1.82, 2.24) is 15.3 Å². The van der Waals surface area contributed by atoms with Gasteiger partial charge in [0.1, 0.15) is 5.69 Å². The summed E-state index contributed by atoms with van der Waals surface area (Å²) in [5.41, 5.74) is 0.0993. The maximum absolute atomic E-state index is 12.1. The van der Waals surface area contributed by atoms with E-state index in [9.17, 15) is 14.4 Å². The lowest BCUT2D eigenvalue weighted by Crippen LogP contribution is -2.39. The van der Waals surface area contributed by atoms with Crippen LogP contribution in [0.1, 0.15) is 47.7 Å². The lowest BCUT2D eigenvalue weighted by molar-refractivity contribution is 0.0920. The molecule has 2 aromatic rings. The Balaban J connectivity index is 1.59. The van der Waals surface area contributed by atoms with Gasteiger partial charge in [0, 0.05) is 12.1 Å². The average Bonchev–Trinajstić information content (AvgIpc) is 2.55. The minimum atomic E-state index is -0.671. The predicted molar refractivity (Wildman–Crippen MR) is 86.6 cm³/mol. The van der Waals surface area contributed by atoms with Gasteiger partial charge >= 0.3 is 5.69 Å². The van der Waals surface area contributed by atoms with Crippen LogP contribution in [0.15, 0.2) is 46.0 Å². The summed E-state index contributed by atoms with van der Waals surface area (Å²) in [6.07, 6.45) is 3.80. The second kappa shape index (κ2) is 6.64. The highest BCUT2D eigenvalue weighted by Crippen LogP contribution is 2.32. The smallest absolute Gasteiger partial charge is 0.326 e. The number of hydrogen-bond acceptors (Lipinski definition) is 3. The quantitative estimate of drug-likeness (QED) is 0.802. The van der Waals surface area contributed by atoms with Gasteiger partial charge in [-0.15, -0.1) is 0 Å². The molecule has 0 bridgehead atoms. The number of aromatic nitrogens is 2. The highest BCUT2D eigenvalue weighted by atomic mass is 16.2. The molecule has 120 valence electrons. The van der Waals surface area contributed by atoms with Gasteiger partial charge in [-0.3, -0.25) is 14.6 Å². The second-order valence-electron chi connectivity index (χ2n) is 5.93. The summed E-state index contributed by atoms with van der Waals surface area (Å²) >= 11 is 0. The third-order valence-corrected chi connectivity index (χ3v) is 4.34. The van der Waals surface area contributed by atoms with Crippen LogP contribution in [0.4, 0.5) is 0 Å². The molecule has 1 amide bonds. The Morgan fingerprint density at radius 3 is 2.35 bits per heavy atom. The Bertz CT molecular complexity index is 758. The highest BCUT2D eigenvalue weighted by Gasteiger charge is 2.24. The van der Waals surface area contributed by atoms with E-state index >= 15 is 0 Å². The number of H-pyrrole nitrogens is 2. The molecule has 6 heteroatoms. The van der Waals surface area contributed by atoms with Gasteiger partial charge in [0.25, 0.3) is 11.5 Å². The molecule has 1 aromatic carbocycles. The molecule has 1 aliphatic rings. The van der Waals surface area contributed by atoms with E-state index in [1.54, 1.807) is 0 Å². The number of carbonyl (C=O) groups is 1. The maximum atomic E-state index is 12.1. The van der Waals surface area contributed by atoms with Gasteiger partial charge < -0.3 is 10.3 Å². The summed E-state index contributed by atoms with van der Waals surface area (Å²) in [5.74, 6) is 0.125. The molecule has 23 heavy (non-hydrogen) atoms. The van der Waals surface area contributed by atoms with Gasteiger partial charge in [-0.05, 0) is 37.2 Å². The van der Waals surface area contributed by atoms with Gasteiger partial charge in [-0.25, -0.2) is 4.79 Å². The largest absolute Gasteiger partial charge is 0.348 e. The fourth-order valence-corrected chi connectivity index (χ4v) is 3.15. The first-order valence-electron chi connectivity index (χ1n) is 7.81. The topological polar surface area (TPSA) is 94.8 Å². The number of benzene rings is 1. The Kier molecular flexibility index (Phi) is 4.41. The molecular formula is C17H19N3O3. The molecule has 3 N–H and O–H groups in total. The second-order valence-corrected chi connectivity index (χ2v) is 5.93. The predicted octanol–water partition coefficient (Wildman–Crippen LogP) is 1.52. The molecule has 1 saturated carbocycles. The zero-order valence-corrected chi connectivity index (χ0v) is 12.7. The Morgan fingerprint density at radius 1 is 1.00 bits per heavy atom. The van der Waals surface area contributed by atoms with Crippen LogP contribution >= 0.6 is 0 Å². The van der Waals surface area contributed by atoms with E-state index in [1.165, 1.54) is 5.56 Å². The van der Waals surface area contributed by atoms with Crippen molar-refractivity contribution in [3.8, 4) is 0 Å². The van der Waals surface area contributed by atoms with E-state index in [0.717, 1.165) is 31.7 Å². The van der Waals surface area contributed by atoms with Crippen molar-refractivity contribution in [3.05, 3.63) is 68.5 Å². The molecule has 1 aromatic heterocycles. The number of amides is 1. The molecule has 1 fully saturated rings. The summed E-state index contributed by atoms with van der Waals surface area (Å²) in [6.45, 7) is 0. The van der Waals surface area contributed by atoms with Crippen LogP contribution in [-0.4, -0.2) is 21.9 Å². The summed E-state index contributed by atoms with van der Waals surface area (Å²) in [5, 5.41) is 2.90. The van der Waals surface area contributed by atoms with Gasteiger partial charge in [-0.1, -0.05) is 30.3 Å². The van der Waals surface area contributed by atoms with Crippen LogP contribution in [0.25, 0.3) is 0 Å². The van der Waals surface area contributed by atoms with E-state index in [2.05, 4.69) is 22.4 Å². The van der Waals surface area contributed by atoms with Gasteiger partial charge in [0.15, 0.2) is 0 Å². The zero-order chi connectivity index (χ0) is 16.2. The molecule has 1 aliphatic carbocycles. The fraction of sp³-hybridized carbons (Fsp3) is 0.353. The number of carbonyl (C=O) groups excluding carboxylic acids is 1. The minimum Gasteiger partial charge on any atom is -0.348 e. The van der Waals surface area contributed by atoms with Crippen LogP contribution in [0.5, 0.6) is 0 Å². The standard InChI is InChI=1S/C17H19N3O3/c21-15-10-14(19-17(23)20-15)16(22)18-13-8-6-12(7-9-13)11-4-2-1-3-5-11/h1-5,10,12-13H,6-9H2,(H,18,22)(H2,19,20,21,23)/t12-,13-. The monoisotopic (exact) mass is 313 g/mol. The number of hydrogen-bond donors (Lipinski definition) is 3. The van der Waals surface area contributed by atoms with Crippen LogP contribution in [0.3, 0.4) is 0 Å². The molecule has 1 heterocycles. The van der Waals surface area contributed by atoms with Gasteiger partial charge in [0.2, 0.25) is 0 Å². The number of nitrogens with one attached hydrogen (secondary N) is 3. The van der Waals surface area contributed by atoms with Crippen molar-refractivity contribution in [2.45, 2.75) is 37.6 Å². The van der Waals surface area contributed by atoms with Crippen molar-refractivity contribution in [3.63, 3.8) is 0 Å². The SMILES string of the molecule is O=C(N[C@H]1CC[C@H](c2ccccc2)CC1)c1cc(=O)[nH]c(=O)[nH]1. The van der Waals surface area contributed by atoms with Crippen molar-refractivity contribution in [2.75, 3.05) is 0 Å². The third kappa shape index (κ3) is 3.77. The highest BCUT2D eigenvalue weighted by molar-refractivity contribution is 5.92. The molecule has 0 saturated heterocycles. The normalized spacial score (nSPS) is 20.9. The number of rotatable bonds is 3. The molecule has 0 atom stereocenters. The molecule has 0 aliphatic heterocycles. The van der Waals surface area contributed by atoms with Crippen molar-refractivity contribution in [2.24, 2.45) is 0 Å². The first-order valence-corrected chi connectivity index (χ1v) is 7.81. The summed E-state index contributed by atoms with van der Waals surface area (Å²) < 4.78 is 0. The summed E-state index contributed by atoms with van der Waals surface area (Å²) in [6, 6.07) is 11.6. The van der Waals surface area contributed by atoms with Crippen LogP contribution in [0, 0.1) is 0 Å². The zero-order valence-electron chi connectivity index (χ0n) is 12.7. The molecule has 6 nitrogen and oxygen atoms in total. The molecule has 0 radical (unpaired) electrons. The minimum absolute atomic E-state index is 0.00364. The van der Waals surface area contributed by atoms with E-state index in [4.69, 9.17) is 0 Å². The first kappa shape index (κ1) is 15.3. The van der Waals surface area contributed by atoms with E-state index in [0.29, 0.717) is 5.92 Å².